The molecule has 1 atom stereocenters. The van der Waals surface area contributed by atoms with Gasteiger partial charge in [-0.05, 0) is 26.2 Å². The maximum absolute atomic E-state index is 12.0. The summed E-state index contributed by atoms with van der Waals surface area (Å²) in [7, 11) is 3.96. The van der Waals surface area contributed by atoms with Gasteiger partial charge in [-0.1, -0.05) is 0 Å². The average Bonchev–Trinajstić information content (AvgIpc) is 2.93. The zero-order valence-corrected chi connectivity index (χ0v) is 12.3. The van der Waals surface area contributed by atoms with Gasteiger partial charge < -0.3 is 15.1 Å². The lowest BCUT2D eigenvalue weighted by Gasteiger charge is -2.27. The lowest BCUT2D eigenvalue weighted by molar-refractivity contribution is -0.122. The number of nitrogens with one attached hydrogen (secondary N) is 2. The van der Waals surface area contributed by atoms with Crippen LogP contribution in [0.4, 0.5) is 0 Å². The molecular weight excluding hydrogens is 256 g/mol. The van der Waals surface area contributed by atoms with Gasteiger partial charge >= 0.3 is 0 Å². The first-order chi connectivity index (χ1) is 9.66. The molecule has 0 aromatic carbocycles. The molecule has 1 unspecified atom stereocenters. The first kappa shape index (κ1) is 15.0. The van der Waals surface area contributed by atoms with Crippen molar-refractivity contribution in [3.05, 3.63) is 24.2 Å². The number of hydrogen-bond donors (Lipinski definition) is 2. The minimum Gasteiger partial charge on any atom is -0.468 e. The van der Waals surface area contributed by atoms with Crippen LogP contribution in [-0.4, -0.2) is 69.1 Å². The Morgan fingerprint density at radius 3 is 2.85 bits per heavy atom. The van der Waals surface area contributed by atoms with E-state index in [-0.39, 0.29) is 11.9 Å². The van der Waals surface area contributed by atoms with Crippen LogP contribution in [0.5, 0.6) is 0 Å². The summed E-state index contributed by atoms with van der Waals surface area (Å²) in [6.07, 6.45) is 1.66. The SMILES string of the molecule is CN(C)C(CNC(=O)CN1CCNCC1)c1ccco1. The number of rotatable bonds is 6. The predicted octanol–water partition coefficient (Wildman–Crippen LogP) is -0.0963. The van der Waals surface area contributed by atoms with E-state index in [2.05, 4.69) is 15.5 Å². The predicted molar refractivity (Wildman–Crippen MR) is 77.5 cm³/mol. The van der Waals surface area contributed by atoms with Gasteiger partial charge in [-0.15, -0.1) is 0 Å². The Kier molecular flexibility index (Phi) is 5.58. The third kappa shape index (κ3) is 4.33. The number of furan rings is 1. The highest BCUT2D eigenvalue weighted by Gasteiger charge is 2.19. The molecule has 1 fully saturated rings. The van der Waals surface area contributed by atoms with Crippen molar-refractivity contribution in [3.8, 4) is 0 Å². The summed E-state index contributed by atoms with van der Waals surface area (Å²) in [6.45, 7) is 4.82. The number of hydrogen-bond acceptors (Lipinski definition) is 5. The van der Waals surface area contributed by atoms with Crippen LogP contribution >= 0.6 is 0 Å². The molecule has 6 nitrogen and oxygen atoms in total. The quantitative estimate of drug-likeness (QED) is 0.762. The fourth-order valence-corrected chi connectivity index (χ4v) is 2.36. The molecule has 1 aliphatic heterocycles. The van der Waals surface area contributed by atoms with Crippen molar-refractivity contribution in [2.24, 2.45) is 0 Å². The molecule has 2 heterocycles. The number of nitrogens with zero attached hydrogens (tertiary/aromatic N) is 2. The van der Waals surface area contributed by atoms with Crippen LogP contribution < -0.4 is 10.6 Å². The van der Waals surface area contributed by atoms with Crippen LogP contribution in [0.3, 0.4) is 0 Å². The van der Waals surface area contributed by atoms with Crippen LogP contribution in [0.1, 0.15) is 11.8 Å². The highest BCUT2D eigenvalue weighted by molar-refractivity contribution is 5.78. The van der Waals surface area contributed by atoms with Gasteiger partial charge in [0.05, 0.1) is 18.8 Å². The van der Waals surface area contributed by atoms with Gasteiger partial charge in [-0.25, -0.2) is 0 Å². The van der Waals surface area contributed by atoms with Gasteiger partial charge in [0.1, 0.15) is 5.76 Å². The fraction of sp³-hybridized carbons (Fsp3) is 0.643. The molecule has 6 heteroatoms. The number of carbonyl (C=O) groups is 1. The highest BCUT2D eigenvalue weighted by Crippen LogP contribution is 2.17. The molecule has 1 aromatic rings. The largest absolute Gasteiger partial charge is 0.468 e. The molecule has 112 valence electrons. The molecular formula is C14H24N4O2. The maximum atomic E-state index is 12.0. The topological polar surface area (TPSA) is 60.8 Å². The Balaban J connectivity index is 1.78. The standard InChI is InChI=1S/C14H24N4O2/c1-17(2)12(13-4-3-9-20-13)10-16-14(19)11-18-7-5-15-6-8-18/h3-4,9,12,15H,5-8,10-11H2,1-2H3,(H,16,19). The zero-order valence-electron chi connectivity index (χ0n) is 12.3. The van der Waals surface area contributed by atoms with Crippen molar-refractivity contribution < 1.29 is 9.21 Å². The van der Waals surface area contributed by atoms with Gasteiger partial charge in [0.25, 0.3) is 0 Å². The first-order valence-corrected chi connectivity index (χ1v) is 7.06. The van der Waals surface area contributed by atoms with E-state index in [4.69, 9.17) is 4.42 Å². The Morgan fingerprint density at radius 2 is 2.25 bits per heavy atom. The summed E-state index contributed by atoms with van der Waals surface area (Å²) in [5.74, 6) is 0.947. The van der Waals surface area contributed by atoms with Gasteiger partial charge in [0.15, 0.2) is 0 Å². The van der Waals surface area contributed by atoms with E-state index < -0.39 is 0 Å². The number of likely N-dealkylation sites (N-methyl/N-ethyl adjacent to an activating group) is 1. The van der Waals surface area contributed by atoms with Gasteiger partial charge in [-0.3, -0.25) is 14.6 Å². The van der Waals surface area contributed by atoms with E-state index in [9.17, 15) is 4.79 Å². The summed E-state index contributed by atoms with van der Waals surface area (Å²) < 4.78 is 5.43. The first-order valence-electron chi connectivity index (χ1n) is 7.06. The van der Waals surface area contributed by atoms with Crippen LogP contribution in [-0.2, 0) is 4.79 Å². The van der Waals surface area contributed by atoms with E-state index in [1.165, 1.54) is 0 Å². The number of piperazine rings is 1. The summed E-state index contributed by atoms with van der Waals surface area (Å²) in [5.41, 5.74) is 0. The molecule has 0 radical (unpaired) electrons. The van der Waals surface area contributed by atoms with Crippen LogP contribution in [0.15, 0.2) is 22.8 Å². The van der Waals surface area contributed by atoms with Crippen molar-refractivity contribution in [2.75, 3.05) is 53.4 Å². The van der Waals surface area contributed by atoms with Crippen molar-refractivity contribution in [3.63, 3.8) is 0 Å². The summed E-state index contributed by atoms with van der Waals surface area (Å²) >= 11 is 0. The molecule has 0 spiro atoms. The van der Waals surface area contributed by atoms with Gasteiger partial charge in [-0.2, -0.15) is 0 Å². The zero-order chi connectivity index (χ0) is 14.4. The highest BCUT2D eigenvalue weighted by atomic mass is 16.3. The van der Waals surface area contributed by atoms with Crippen LogP contribution in [0.2, 0.25) is 0 Å². The van der Waals surface area contributed by atoms with Crippen molar-refractivity contribution in [1.29, 1.82) is 0 Å². The molecule has 1 aromatic heterocycles. The lowest BCUT2D eigenvalue weighted by Crippen LogP contribution is -2.48. The second-order valence-corrected chi connectivity index (χ2v) is 5.33. The van der Waals surface area contributed by atoms with Crippen LogP contribution in [0.25, 0.3) is 0 Å². The monoisotopic (exact) mass is 280 g/mol. The second-order valence-electron chi connectivity index (χ2n) is 5.33. The number of carbonyl (C=O) groups excluding carboxylic acids is 1. The minimum atomic E-state index is 0.0666. The van der Waals surface area contributed by atoms with Crippen molar-refractivity contribution in [1.82, 2.24) is 20.4 Å². The third-order valence-corrected chi connectivity index (χ3v) is 3.56. The summed E-state index contributed by atoms with van der Waals surface area (Å²) in [6, 6.07) is 3.87. The minimum absolute atomic E-state index is 0.0666. The maximum Gasteiger partial charge on any atom is 0.234 e. The molecule has 1 saturated heterocycles. The molecule has 2 N–H and O–H groups in total. The van der Waals surface area contributed by atoms with E-state index in [0.717, 1.165) is 31.9 Å². The molecule has 2 rings (SSSR count). The van der Waals surface area contributed by atoms with Gasteiger partial charge in [0.2, 0.25) is 5.91 Å². The average molecular weight is 280 g/mol. The molecule has 1 aliphatic rings. The second kappa shape index (κ2) is 7.42. The smallest absolute Gasteiger partial charge is 0.234 e. The summed E-state index contributed by atoms with van der Waals surface area (Å²) in [4.78, 5) is 16.2. The Labute approximate surface area is 120 Å². The Hall–Kier alpha value is -1.37. The van der Waals surface area contributed by atoms with E-state index >= 15 is 0 Å². The van der Waals surface area contributed by atoms with Crippen LogP contribution in [0, 0.1) is 0 Å². The van der Waals surface area contributed by atoms with E-state index in [1.807, 2.05) is 31.1 Å². The Morgan fingerprint density at radius 1 is 1.50 bits per heavy atom. The normalized spacial score (nSPS) is 18.1. The number of amides is 1. The van der Waals surface area contributed by atoms with Crippen molar-refractivity contribution >= 4 is 5.91 Å². The Bertz CT molecular complexity index is 399. The van der Waals surface area contributed by atoms with Crippen molar-refractivity contribution in [2.45, 2.75) is 6.04 Å². The molecule has 0 bridgehead atoms. The molecule has 1 amide bonds. The molecule has 0 aliphatic carbocycles. The van der Waals surface area contributed by atoms with E-state index in [0.29, 0.717) is 13.1 Å². The van der Waals surface area contributed by atoms with Gasteiger partial charge in [0, 0.05) is 32.7 Å². The lowest BCUT2D eigenvalue weighted by atomic mass is 10.2. The fourth-order valence-electron chi connectivity index (χ4n) is 2.36. The molecule has 0 saturated carbocycles. The van der Waals surface area contributed by atoms with E-state index in [1.54, 1.807) is 6.26 Å². The molecule has 20 heavy (non-hydrogen) atoms. The third-order valence-electron chi connectivity index (χ3n) is 3.56. The summed E-state index contributed by atoms with van der Waals surface area (Å²) in [5, 5.41) is 6.28.